The van der Waals surface area contributed by atoms with Gasteiger partial charge in [-0.25, -0.2) is 0 Å². The lowest BCUT2D eigenvalue weighted by Gasteiger charge is -2.10. The molecule has 0 bridgehead atoms. The van der Waals surface area contributed by atoms with E-state index in [4.69, 9.17) is 4.42 Å². The van der Waals surface area contributed by atoms with Crippen molar-refractivity contribution in [3.8, 4) is 22.5 Å². The number of benzene rings is 7. The van der Waals surface area contributed by atoms with Gasteiger partial charge in [-0.05, 0) is 102 Å². The molecule has 0 spiro atoms. The standard InChI is InChI=1S/C49H34N2O/c1-3-5-12-32(4-2)33-19-23-36(24-20-33)50-44-16-9-6-13-38(44)41-29-34(21-26-46(41)50)35-22-27-47-42(30-35)39-14-7-10-17-45(39)51(47)37-25-28-49-43(31-37)40-15-8-11-18-48(40)52-49/h3-31H,2H2,1H3/b5-3-,32-12+. The summed E-state index contributed by atoms with van der Waals surface area (Å²) in [5, 5.41) is 7.20. The van der Waals surface area contributed by atoms with Gasteiger partial charge < -0.3 is 13.6 Å². The van der Waals surface area contributed by atoms with Crippen LogP contribution in [0, 0.1) is 0 Å². The first-order valence-corrected chi connectivity index (χ1v) is 17.7. The lowest BCUT2D eigenvalue weighted by molar-refractivity contribution is 0.669. The second-order valence-electron chi connectivity index (χ2n) is 13.3. The maximum atomic E-state index is 6.16. The number of fused-ring (bicyclic) bond motifs is 9. The molecule has 0 saturated heterocycles. The van der Waals surface area contributed by atoms with Gasteiger partial charge in [0.05, 0.1) is 22.1 Å². The molecule has 0 unspecified atom stereocenters. The van der Waals surface area contributed by atoms with Gasteiger partial charge in [0.2, 0.25) is 0 Å². The molecular weight excluding hydrogens is 633 g/mol. The zero-order valence-electron chi connectivity index (χ0n) is 28.8. The predicted octanol–water partition coefficient (Wildman–Crippen LogP) is 13.6. The van der Waals surface area contributed by atoms with Crippen LogP contribution in [0.4, 0.5) is 0 Å². The van der Waals surface area contributed by atoms with Crippen LogP contribution < -0.4 is 0 Å². The van der Waals surface area contributed by atoms with Crippen LogP contribution in [0.5, 0.6) is 0 Å². The minimum atomic E-state index is 0.904. The summed E-state index contributed by atoms with van der Waals surface area (Å²) in [6.45, 7) is 6.05. The second kappa shape index (κ2) is 11.9. The fourth-order valence-electron chi connectivity index (χ4n) is 8.00. The molecule has 3 nitrogen and oxygen atoms in total. The first-order valence-electron chi connectivity index (χ1n) is 17.7. The van der Waals surface area contributed by atoms with E-state index in [2.05, 4.69) is 167 Å². The van der Waals surface area contributed by atoms with E-state index in [9.17, 15) is 0 Å². The monoisotopic (exact) mass is 666 g/mol. The number of rotatable bonds is 6. The average Bonchev–Trinajstić information content (AvgIpc) is 3.85. The van der Waals surface area contributed by atoms with Crippen LogP contribution in [0.1, 0.15) is 12.5 Å². The normalized spacial score (nSPS) is 12.4. The van der Waals surface area contributed by atoms with E-state index in [1.165, 1.54) is 54.7 Å². The van der Waals surface area contributed by atoms with Crippen LogP contribution in [-0.2, 0) is 0 Å². The number of allylic oxidation sites excluding steroid dienone is 5. The zero-order valence-corrected chi connectivity index (χ0v) is 28.8. The van der Waals surface area contributed by atoms with Crippen LogP contribution in [0.25, 0.3) is 93.6 Å². The smallest absolute Gasteiger partial charge is 0.135 e. The van der Waals surface area contributed by atoms with E-state index in [0.717, 1.165) is 44.4 Å². The molecule has 0 atom stereocenters. The van der Waals surface area contributed by atoms with Crippen LogP contribution >= 0.6 is 0 Å². The SMILES string of the molecule is C=C/C(=C\C=C/C)c1ccc(-n2c3ccccc3c3cc(-c4ccc5c(c4)c4ccccc4n5-c4ccc5oc6ccccc6c5c4)ccc32)cc1. The topological polar surface area (TPSA) is 23.0 Å². The maximum Gasteiger partial charge on any atom is 0.135 e. The fraction of sp³-hybridized carbons (Fsp3) is 0.0204. The van der Waals surface area contributed by atoms with Gasteiger partial charge in [0.25, 0.3) is 0 Å². The third kappa shape index (κ3) is 4.60. The van der Waals surface area contributed by atoms with Gasteiger partial charge in [-0.3, -0.25) is 0 Å². The van der Waals surface area contributed by atoms with Crippen molar-refractivity contribution >= 4 is 71.1 Å². The number of furan rings is 1. The fourth-order valence-corrected chi connectivity index (χ4v) is 8.00. The Morgan fingerprint density at radius 2 is 1.04 bits per heavy atom. The molecule has 0 fully saturated rings. The molecule has 0 aliphatic rings. The molecule has 0 aliphatic heterocycles. The summed E-state index contributed by atoms with van der Waals surface area (Å²) >= 11 is 0. The van der Waals surface area contributed by atoms with Gasteiger partial charge >= 0.3 is 0 Å². The van der Waals surface area contributed by atoms with E-state index in [1.807, 2.05) is 31.2 Å². The highest BCUT2D eigenvalue weighted by molar-refractivity contribution is 6.13. The number of para-hydroxylation sites is 3. The molecule has 0 saturated carbocycles. The molecule has 52 heavy (non-hydrogen) atoms. The molecule has 246 valence electrons. The van der Waals surface area contributed by atoms with Crippen LogP contribution in [0.15, 0.2) is 187 Å². The first kappa shape index (κ1) is 30.0. The highest BCUT2D eigenvalue weighted by Gasteiger charge is 2.17. The van der Waals surface area contributed by atoms with E-state index in [0.29, 0.717) is 0 Å². The van der Waals surface area contributed by atoms with E-state index in [-0.39, 0.29) is 0 Å². The molecule has 0 aliphatic carbocycles. The van der Waals surface area contributed by atoms with Gasteiger partial charge in [-0.2, -0.15) is 0 Å². The summed E-state index contributed by atoms with van der Waals surface area (Å²) in [7, 11) is 0. The Labute approximate surface area is 301 Å². The number of aromatic nitrogens is 2. The van der Waals surface area contributed by atoms with Crippen molar-refractivity contribution in [1.29, 1.82) is 0 Å². The van der Waals surface area contributed by atoms with Gasteiger partial charge in [0, 0.05) is 43.7 Å². The lowest BCUT2D eigenvalue weighted by atomic mass is 10.0. The Hall–Kier alpha value is -6.84. The van der Waals surface area contributed by atoms with Crippen molar-refractivity contribution < 1.29 is 4.42 Å². The van der Waals surface area contributed by atoms with Gasteiger partial charge in [0.1, 0.15) is 11.2 Å². The van der Waals surface area contributed by atoms with E-state index < -0.39 is 0 Å². The number of hydrogen-bond acceptors (Lipinski definition) is 1. The second-order valence-corrected chi connectivity index (χ2v) is 13.3. The Morgan fingerprint density at radius 3 is 1.67 bits per heavy atom. The number of nitrogens with zero attached hydrogens (tertiary/aromatic N) is 2. The van der Waals surface area contributed by atoms with Crippen LogP contribution in [0.3, 0.4) is 0 Å². The first-order chi connectivity index (χ1) is 25.7. The summed E-state index contributed by atoms with van der Waals surface area (Å²) < 4.78 is 10.9. The average molecular weight is 667 g/mol. The summed E-state index contributed by atoms with van der Waals surface area (Å²) in [6.07, 6.45) is 8.09. The molecule has 3 heterocycles. The molecule has 0 amide bonds. The van der Waals surface area contributed by atoms with Crippen LogP contribution in [-0.4, -0.2) is 9.13 Å². The van der Waals surface area contributed by atoms with Crippen molar-refractivity contribution in [2.45, 2.75) is 6.92 Å². The Kier molecular flexibility index (Phi) is 6.87. The summed E-state index contributed by atoms with van der Waals surface area (Å²) in [6, 6.07) is 54.8. The Bertz CT molecular complexity index is 3090. The van der Waals surface area contributed by atoms with Crippen molar-refractivity contribution in [3.63, 3.8) is 0 Å². The highest BCUT2D eigenvalue weighted by Crippen LogP contribution is 2.39. The molecule has 10 rings (SSSR count). The third-order valence-electron chi connectivity index (χ3n) is 10.4. The molecule has 10 aromatic rings. The van der Waals surface area contributed by atoms with E-state index in [1.54, 1.807) is 0 Å². The minimum Gasteiger partial charge on any atom is -0.456 e. The number of hydrogen-bond donors (Lipinski definition) is 0. The van der Waals surface area contributed by atoms with Gasteiger partial charge in [-0.1, -0.05) is 110 Å². The van der Waals surface area contributed by atoms with Gasteiger partial charge in [0.15, 0.2) is 0 Å². The maximum absolute atomic E-state index is 6.16. The molecule has 0 N–H and O–H groups in total. The molecular formula is C49H34N2O. The molecule has 0 radical (unpaired) electrons. The minimum absolute atomic E-state index is 0.904. The summed E-state index contributed by atoms with van der Waals surface area (Å²) in [5.74, 6) is 0. The molecule has 3 heteroatoms. The zero-order chi connectivity index (χ0) is 34.8. The third-order valence-corrected chi connectivity index (χ3v) is 10.4. The Morgan fingerprint density at radius 1 is 0.500 bits per heavy atom. The molecule has 3 aromatic heterocycles. The van der Waals surface area contributed by atoms with E-state index >= 15 is 0 Å². The largest absolute Gasteiger partial charge is 0.456 e. The summed E-state index contributed by atoms with van der Waals surface area (Å²) in [5.41, 5.74) is 13.4. The summed E-state index contributed by atoms with van der Waals surface area (Å²) in [4.78, 5) is 0. The van der Waals surface area contributed by atoms with Crippen molar-refractivity contribution in [2.24, 2.45) is 0 Å². The lowest BCUT2D eigenvalue weighted by Crippen LogP contribution is -1.94. The van der Waals surface area contributed by atoms with Crippen molar-refractivity contribution in [2.75, 3.05) is 0 Å². The predicted molar refractivity (Wildman–Crippen MR) is 221 cm³/mol. The highest BCUT2D eigenvalue weighted by atomic mass is 16.3. The van der Waals surface area contributed by atoms with Gasteiger partial charge in [-0.15, -0.1) is 0 Å². The van der Waals surface area contributed by atoms with Crippen molar-refractivity contribution in [1.82, 2.24) is 9.13 Å². The van der Waals surface area contributed by atoms with Crippen molar-refractivity contribution in [3.05, 3.63) is 188 Å². The Balaban J connectivity index is 1.11. The quantitative estimate of drug-likeness (QED) is 0.162. The van der Waals surface area contributed by atoms with Crippen LogP contribution in [0.2, 0.25) is 0 Å². The molecule has 7 aromatic carbocycles.